The molecule has 0 aliphatic rings. The molecule has 2 aromatic carbocycles. The molecule has 0 fully saturated rings. The Labute approximate surface area is 194 Å². The van der Waals surface area contributed by atoms with Crippen LogP contribution in [0.3, 0.4) is 0 Å². The summed E-state index contributed by atoms with van der Waals surface area (Å²) < 4.78 is 31.7. The zero-order valence-corrected chi connectivity index (χ0v) is 19.0. The van der Waals surface area contributed by atoms with Crippen molar-refractivity contribution in [3.8, 4) is 0 Å². The zero-order chi connectivity index (χ0) is 23.8. The predicted octanol–water partition coefficient (Wildman–Crippen LogP) is 3.52. The topological polar surface area (TPSA) is 93.3 Å². The summed E-state index contributed by atoms with van der Waals surface area (Å²) in [6.45, 7) is 1.43. The van der Waals surface area contributed by atoms with Gasteiger partial charge in [-0.2, -0.15) is 8.78 Å². The van der Waals surface area contributed by atoms with E-state index in [4.69, 9.17) is 10.5 Å². The lowest BCUT2D eigenvalue weighted by molar-refractivity contribution is 0.196. The van der Waals surface area contributed by atoms with Crippen molar-refractivity contribution in [1.29, 1.82) is 0 Å². The zero-order valence-electron chi connectivity index (χ0n) is 18.2. The van der Waals surface area contributed by atoms with Crippen molar-refractivity contribution in [2.24, 2.45) is 0 Å². The molecule has 0 saturated carbocycles. The molecule has 0 bridgehead atoms. The van der Waals surface area contributed by atoms with Crippen molar-refractivity contribution in [2.75, 3.05) is 30.9 Å². The Kier molecular flexibility index (Phi) is 8.67. The highest BCUT2D eigenvalue weighted by Gasteiger charge is 2.19. The van der Waals surface area contributed by atoms with Gasteiger partial charge in [0.15, 0.2) is 0 Å². The largest absolute Gasteiger partial charge is 0.385 e. The number of nitrogens with one attached hydrogen (secondary N) is 1. The molecule has 0 amide bonds. The van der Waals surface area contributed by atoms with Gasteiger partial charge in [0.1, 0.15) is 11.5 Å². The summed E-state index contributed by atoms with van der Waals surface area (Å²) in [5.74, 6) is -2.43. The first kappa shape index (κ1) is 24.5. The number of nitrogens with two attached hydrogens (primary N) is 1. The highest BCUT2D eigenvalue weighted by atomic mass is 32.2. The number of thioether (sulfide) groups is 1. The molecule has 0 unspecified atom stereocenters. The maximum absolute atomic E-state index is 12.8. The van der Waals surface area contributed by atoms with Crippen molar-refractivity contribution in [1.82, 2.24) is 9.55 Å². The van der Waals surface area contributed by atoms with Gasteiger partial charge in [0.25, 0.3) is 11.3 Å². The quantitative estimate of drug-likeness (QED) is 0.325. The molecule has 3 rings (SSSR count). The minimum atomic E-state index is -2.49. The predicted molar refractivity (Wildman–Crippen MR) is 127 cm³/mol. The Hall–Kier alpha value is -3.11. The third-order valence-electron chi connectivity index (χ3n) is 5.01. The minimum Gasteiger partial charge on any atom is -0.385 e. The second-order valence-electron chi connectivity index (χ2n) is 7.36. The maximum atomic E-state index is 12.8. The van der Waals surface area contributed by atoms with Gasteiger partial charge >= 0.3 is 5.69 Å². The lowest BCUT2D eigenvalue weighted by Crippen LogP contribution is -2.39. The van der Waals surface area contributed by atoms with Crippen LogP contribution in [0, 0.1) is 0 Å². The number of H-pyrrole nitrogens is 1. The number of anilines is 2. The third kappa shape index (κ3) is 6.69. The standard InChI is InChI=1S/C23H26F2N4O3S/c1-32-13-5-12-28(14-17-8-10-18(11-9-17)33-22(24)25)19-20(26)29(23(31)27-21(19)30)15-16-6-3-2-4-7-16/h2-4,6-11,22H,5,12-15,26H2,1H3,(H,27,30,31). The Morgan fingerprint density at radius 3 is 2.42 bits per heavy atom. The average molecular weight is 477 g/mol. The summed E-state index contributed by atoms with van der Waals surface area (Å²) in [6.07, 6.45) is 0.618. The van der Waals surface area contributed by atoms with Gasteiger partial charge < -0.3 is 15.4 Å². The van der Waals surface area contributed by atoms with E-state index in [0.29, 0.717) is 42.8 Å². The van der Waals surface area contributed by atoms with E-state index in [2.05, 4.69) is 4.98 Å². The number of rotatable bonds is 11. The molecule has 0 radical (unpaired) electrons. The number of alkyl halides is 2. The van der Waals surface area contributed by atoms with Gasteiger partial charge in [-0.05, 0) is 29.7 Å². The van der Waals surface area contributed by atoms with Gasteiger partial charge in [-0.15, -0.1) is 0 Å². The van der Waals surface area contributed by atoms with Gasteiger partial charge in [-0.3, -0.25) is 14.3 Å². The van der Waals surface area contributed by atoms with Crippen molar-refractivity contribution in [3.05, 3.63) is 86.6 Å². The molecule has 3 N–H and O–H groups in total. The molecular weight excluding hydrogens is 450 g/mol. The number of halogens is 2. The van der Waals surface area contributed by atoms with Crippen molar-refractivity contribution in [3.63, 3.8) is 0 Å². The van der Waals surface area contributed by atoms with Crippen LogP contribution in [0.1, 0.15) is 17.5 Å². The fraction of sp³-hybridized carbons (Fsp3) is 0.304. The fourth-order valence-corrected chi connectivity index (χ4v) is 3.97. The smallest absolute Gasteiger partial charge is 0.330 e. The second-order valence-corrected chi connectivity index (χ2v) is 8.42. The summed E-state index contributed by atoms with van der Waals surface area (Å²) in [5, 5.41) is 0. The first-order valence-corrected chi connectivity index (χ1v) is 11.2. The number of nitrogen functional groups attached to an aromatic ring is 1. The Morgan fingerprint density at radius 1 is 1.09 bits per heavy atom. The molecule has 7 nitrogen and oxygen atoms in total. The van der Waals surface area contributed by atoms with Crippen LogP contribution in [-0.4, -0.2) is 35.6 Å². The van der Waals surface area contributed by atoms with Crippen LogP contribution in [-0.2, 0) is 17.8 Å². The number of methoxy groups -OCH3 is 1. The molecule has 1 aromatic heterocycles. The monoisotopic (exact) mass is 476 g/mol. The normalized spacial score (nSPS) is 11.2. The van der Waals surface area contributed by atoms with E-state index >= 15 is 0 Å². The van der Waals surface area contributed by atoms with E-state index in [-0.39, 0.29) is 18.1 Å². The number of aromatic amines is 1. The van der Waals surface area contributed by atoms with Crippen LogP contribution in [0.2, 0.25) is 0 Å². The molecule has 0 aliphatic heterocycles. The van der Waals surface area contributed by atoms with Crippen LogP contribution >= 0.6 is 11.8 Å². The summed E-state index contributed by atoms with van der Waals surface area (Å²) in [4.78, 5) is 29.9. The van der Waals surface area contributed by atoms with Crippen LogP contribution < -0.4 is 21.9 Å². The van der Waals surface area contributed by atoms with Crippen LogP contribution in [0.25, 0.3) is 0 Å². The number of hydrogen-bond acceptors (Lipinski definition) is 6. The van der Waals surface area contributed by atoms with Gasteiger partial charge in [0, 0.05) is 31.7 Å². The SMILES string of the molecule is COCCCN(Cc1ccc(SC(F)F)cc1)c1c(N)n(Cc2ccccc2)c(=O)[nH]c1=O. The highest BCUT2D eigenvalue weighted by Crippen LogP contribution is 2.26. The maximum Gasteiger partial charge on any atom is 0.330 e. The molecule has 0 saturated heterocycles. The molecular formula is C23H26F2N4O3S. The number of aromatic nitrogens is 2. The average Bonchev–Trinajstić information content (AvgIpc) is 2.78. The number of ether oxygens (including phenoxy) is 1. The number of benzene rings is 2. The van der Waals surface area contributed by atoms with E-state index in [1.54, 1.807) is 36.3 Å². The lowest BCUT2D eigenvalue weighted by atomic mass is 10.2. The molecule has 0 atom stereocenters. The van der Waals surface area contributed by atoms with Crippen molar-refractivity contribution >= 4 is 23.3 Å². The highest BCUT2D eigenvalue weighted by molar-refractivity contribution is 7.99. The van der Waals surface area contributed by atoms with Gasteiger partial charge in [0.2, 0.25) is 0 Å². The van der Waals surface area contributed by atoms with E-state index in [1.807, 2.05) is 30.3 Å². The van der Waals surface area contributed by atoms with Crippen LogP contribution in [0.15, 0.2) is 69.1 Å². The van der Waals surface area contributed by atoms with E-state index in [0.717, 1.165) is 11.1 Å². The molecule has 0 aliphatic carbocycles. The fourth-order valence-electron chi connectivity index (χ4n) is 3.47. The lowest BCUT2D eigenvalue weighted by Gasteiger charge is -2.26. The summed E-state index contributed by atoms with van der Waals surface area (Å²) in [7, 11) is 1.59. The molecule has 176 valence electrons. The first-order chi connectivity index (χ1) is 15.9. The molecule has 10 heteroatoms. The van der Waals surface area contributed by atoms with E-state index in [1.165, 1.54) is 4.57 Å². The first-order valence-electron chi connectivity index (χ1n) is 10.3. The van der Waals surface area contributed by atoms with Crippen molar-refractivity contribution < 1.29 is 13.5 Å². The molecule has 3 aromatic rings. The summed E-state index contributed by atoms with van der Waals surface area (Å²) >= 11 is 0.472. The number of nitrogens with zero attached hydrogens (tertiary/aromatic N) is 2. The van der Waals surface area contributed by atoms with E-state index in [9.17, 15) is 18.4 Å². The minimum absolute atomic E-state index is 0.0647. The molecule has 0 spiro atoms. The molecule has 1 heterocycles. The Morgan fingerprint density at radius 2 is 1.79 bits per heavy atom. The van der Waals surface area contributed by atoms with Gasteiger partial charge in [-0.25, -0.2) is 4.79 Å². The van der Waals surface area contributed by atoms with Gasteiger partial charge in [0.05, 0.1) is 6.54 Å². The number of hydrogen-bond donors (Lipinski definition) is 2. The Bertz CT molecular complexity index is 1150. The third-order valence-corrected chi connectivity index (χ3v) is 5.73. The van der Waals surface area contributed by atoms with Gasteiger partial charge in [-0.1, -0.05) is 54.2 Å². The van der Waals surface area contributed by atoms with Crippen molar-refractivity contribution in [2.45, 2.75) is 30.2 Å². The van der Waals surface area contributed by atoms with Crippen LogP contribution in [0.4, 0.5) is 20.3 Å². The second kappa shape index (κ2) is 11.7. The summed E-state index contributed by atoms with van der Waals surface area (Å²) in [6, 6.07) is 16.0. The van der Waals surface area contributed by atoms with E-state index < -0.39 is 17.0 Å². The summed E-state index contributed by atoms with van der Waals surface area (Å²) in [5.41, 5.74) is 7.05. The van der Waals surface area contributed by atoms with Crippen LogP contribution in [0.5, 0.6) is 0 Å². The molecule has 33 heavy (non-hydrogen) atoms. The Balaban J connectivity index is 1.95.